The zero-order valence-electron chi connectivity index (χ0n) is 18.8. The number of benzene rings is 2. The van der Waals surface area contributed by atoms with Gasteiger partial charge in [0, 0.05) is 5.70 Å². The van der Waals surface area contributed by atoms with Crippen LogP contribution in [0.1, 0.15) is 31.0 Å². The zero-order valence-corrected chi connectivity index (χ0v) is 19.6. The molecule has 3 aromatic rings. The highest BCUT2D eigenvalue weighted by Crippen LogP contribution is 2.33. The van der Waals surface area contributed by atoms with Crippen molar-refractivity contribution >= 4 is 29.1 Å². The van der Waals surface area contributed by atoms with Crippen molar-refractivity contribution in [1.82, 2.24) is 4.57 Å². The maximum atomic E-state index is 13.3. The van der Waals surface area contributed by atoms with Crippen molar-refractivity contribution in [1.29, 1.82) is 0 Å². The molecule has 1 atom stereocenters. The molecule has 0 unspecified atom stereocenters. The van der Waals surface area contributed by atoms with Gasteiger partial charge in [0.2, 0.25) is 0 Å². The lowest BCUT2D eigenvalue weighted by Crippen LogP contribution is -2.35. The first-order chi connectivity index (χ1) is 16.0. The summed E-state index contributed by atoms with van der Waals surface area (Å²) in [6.07, 6.45) is 1.81. The molecule has 0 spiro atoms. The van der Waals surface area contributed by atoms with Crippen LogP contribution in [0, 0.1) is 0 Å². The average Bonchev–Trinajstić information content (AvgIpc) is 3.14. The van der Waals surface area contributed by atoms with Crippen LogP contribution in [-0.2, 0) is 9.53 Å². The third-order valence-electron chi connectivity index (χ3n) is 5.39. The summed E-state index contributed by atoms with van der Waals surface area (Å²) in [5.74, 6) is 0.964. The molecular formula is C25H24N2O5S. The third-order valence-corrected chi connectivity index (χ3v) is 6.37. The predicted molar refractivity (Wildman–Crippen MR) is 127 cm³/mol. The van der Waals surface area contributed by atoms with Crippen molar-refractivity contribution in [3.8, 4) is 11.5 Å². The van der Waals surface area contributed by atoms with E-state index in [1.165, 1.54) is 15.9 Å². The van der Waals surface area contributed by atoms with Gasteiger partial charge in [-0.25, -0.2) is 9.79 Å². The Hall–Kier alpha value is -3.65. The summed E-state index contributed by atoms with van der Waals surface area (Å²) < 4.78 is 17.8. The van der Waals surface area contributed by atoms with E-state index in [4.69, 9.17) is 19.2 Å². The van der Waals surface area contributed by atoms with E-state index >= 15 is 0 Å². The number of carbonyl (C=O) groups is 1. The van der Waals surface area contributed by atoms with E-state index in [1.807, 2.05) is 54.6 Å². The van der Waals surface area contributed by atoms with Gasteiger partial charge >= 0.3 is 5.97 Å². The second-order valence-electron chi connectivity index (χ2n) is 7.33. The van der Waals surface area contributed by atoms with Crippen LogP contribution in [0.2, 0.25) is 0 Å². The summed E-state index contributed by atoms with van der Waals surface area (Å²) in [7, 11) is 3.20. The van der Waals surface area contributed by atoms with Gasteiger partial charge in [-0.15, -0.1) is 0 Å². The van der Waals surface area contributed by atoms with Gasteiger partial charge in [-0.05, 0) is 55.3 Å². The number of esters is 1. The Bertz CT molecular complexity index is 1380. The Morgan fingerprint density at radius 1 is 1.06 bits per heavy atom. The van der Waals surface area contributed by atoms with Crippen molar-refractivity contribution in [2.24, 2.45) is 4.99 Å². The van der Waals surface area contributed by atoms with Gasteiger partial charge in [-0.2, -0.15) is 0 Å². The highest BCUT2D eigenvalue weighted by atomic mass is 32.1. The lowest BCUT2D eigenvalue weighted by atomic mass is 9.96. The summed E-state index contributed by atoms with van der Waals surface area (Å²) in [5, 5.41) is 0. The second kappa shape index (κ2) is 9.46. The van der Waals surface area contributed by atoms with Crippen LogP contribution in [0.4, 0.5) is 0 Å². The minimum Gasteiger partial charge on any atom is -0.497 e. The topological polar surface area (TPSA) is 79.1 Å². The smallest absolute Gasteiger partial charge is 0.338 e. The van der Waals surface area contributed by atoms with Crippen molar-refractivity contribution in [3.63, 3.8) is 0 Å². The van der Waals surface area contributed by atoms with Gasteiger partial charge in [-0.1, -0.05) is 35.6 Å². The van der Waals surface area contributed by atoms with Crippen LogP contribution in [0.15, 0.2) is 63.9 Å². The predicted octanol–water partition coefficient (Wildman–Crippen LogP) is 2.92. The molecule has 2 heterocycles. The Morgan fingerprint density at radius 2 is 1.67 bits per heavy atom. The highest BCUT2D eigenvalue weighted by Gasteiger charge is 2.31. The Kier molecular flexibility index (Phi) is 6.46. The third kappa shape index (κ3) is 4.34. The molecule has 170 valence electrons. The van der Waals surface area contributed by atoms with Crippen LogP contribution in [0.3, 0.4) is 0 Å². The van der Waals surface area contributed by atoms with E-state index in [-0.39, 0.29) is 12.2 Å². The van der Waals surface area contributed by atoms with Gasteiger partial charge < -0.3 is 14.2 Å². The molecule has 0 bridgehead atoms. The molecule has 0 radical (unpaired) electrons. The maximum Gasteiger partial charge on any atom is 0.338 e. The monoisotopic (exact) mass is 464 g/mol. The number of thiazole rings is 1. The molecule has 0 fully saturated rings. The Balaban J connectivity index is 1.89. The SMILES string of the molecule is CCOC(=O)C1=C(C)n2c(s/c(=C\c3ccc(OC)cc3)c2=O)=N[C@H]1c1ccc(OC)cc1. The average molecular weight is 465 g/mol. The molecule has 2 aromatic carbocycles. The molecule has 0 saturated carbocycles. The number of methoxy groups -OCH3 is 2. The number of nitrogens with zero attached hydrogens (tertiary/aromatic N) is 2. The molecule has 1 aromatic heterocycles. The van der Waals surface area contributed by atoms with Crippen molar-refractivity contribution in [3.05, 3.63) is 84.9 Å². The van der Waals surface area contributed by atoms with Gasteiger partial charge in [0.15, 0.2) is 4.80 Å². The standard InChI is InChI=1S/C25H24N2O5S/c1-5-32-24(29)21-15(2)27-23(28)20(14-16-6-10-18(30-3)11-7-16)33-25(27)26-22(21)17-8-12-19(31-4)13-9-17/h6-14,22H,5H2,1-4H3/b20-14-/t22-/m0/s1. The van der Waals surface area contributed by atoms with E-state index in [0.29, 0.717) is 26.4 Å². The normalized spacial score (nSPS) is 15.6. The number of allylic oxidation sites excluding steroid dienone is 1. The number of rotatable bonds is 6. The fourth-order valence-corrected chi connectivity index (χ4v) is 4.74. The molecule has 0 N–H and O–H groups in total. The lowest BCUT2D eigenvalue weighted by Gasteiger charge is -2.22. The Morgan fingerprint density at radius 3 is 2.24 bits per heavy atom. The molecule has 8 heteroatoms. The lowest BCUT2D eigenvalue weighted by molar-refractivity contribution is -0.138. The van der Waals surface area contributed by atoms with Crippen molar-refractivity contribution in [2.45, 2.75) is 19.9 Å². The summed E-state index contributed by atoms with van der Waals surface area (Å²) in [6, 6.07) is 14.2. The van der Waals surface area contributed by atoms with E-state index in [9.17, 15) is 9.59 Å². The first-order valence-corrected chi connectivity index (χ1v) is 11.3. The first kappa shape index (κ1) is 22.5. The van der Waals surface area contributed by atoms with Crippen LogP contribution in [-0.4, -0.2) is 31.4 Å². The molecule has 0 aliphatic carbocycles. The minimum absolute atomic E-state index is 0.220. The van der Waals surface area contributed by atoms with Gasteiger partial charge in [0.25, 0.3) is 5.56 Å². The van der Waals surface area contributed by atoms with E-state index in [2.05, 4.69) is 0 Å². The van der Waals surface area contributed by atoms with Crippen LogP contribution in [0.5, 0.6) is 11.5 Å². The number of hydrogen-bond acceptors (Lipinski definition) is 7. The summed E-state index contributed by atoms with van der Waals surface area (Å²) in [5.41, 5.74) is 2.33. The van der Waals surface area contributed by atoms with Gasteiger partial charge in [-0.3, -0.25) is 9.36 Å². The molecule has 0 amide bonds. The van der Waals surface area contributed by atoms with E-state index in [0.717, 1.165) is 16.9 Å². The summed E-state index contributed by atoms with van der Waals surface area (Å²) in [4.78, 5) is 31.5. The fraction of sp³-hybridized carbons (Fsp3) is 0.240. The molecule has 7 nitrogen and oxygen atoms in total. The molecule has 1 aliphatic rings. The summed E-state index contributed by atoms with van der Waals surface area (Å²) in [6.45, 7) is 3.74. The molecule has 33 heavy (non-hydrogen) atoms. The minimum atomic E-state index is -0.582. The molecule has 0 saturated heterocycles. The van der Waals surface area contributed by atoms with Gasteiger partial charge in [0.05, 0.1) is 30.9 Å². The number of aromatic nitrogens is 1. The maximum absolute atomic E-state index is 13.3. The molecule has 1 aliphatic heterocycles. The summed E-state index contributed by atoms with van der Waals surface area (Å²) >= 11 is 1.29. The van der Waals surface area contributed by atoms with Crippen LogP contribution < -0.4 is 24.4 Å². The quantitative estimate of drug-likeness (QED) is 0.524. The molecule has 4 rings (SSSR count). The number of fused-ring (bicyclic) bond motifs is 1. The molecular weight excluding hydrogens is 440 g/mol. The zero-order chi connectivity index (χ0) is 23.5. The highest BCUT2D eigenvalue weighted by molar-refractivity contribution is 7.07. The van der Waals surface area contributed by atoms with Crippen molar-refractivity contribution in [2.75, 3.05) is 20.8 Å². The number of ether oxygens (including phenoxy) is 3. The Labute approximate surface area is 194 Å². The first-order valence-electron chi connectivity index (χ1n) is 10.4. The van der Waals surface area contributed by atoms with Crippen molar-refractivity contribution < 1.29 is 19.0 Å². The number of carbonyl (C=O) groups excluding carboxylic acids is 1. The number of hydrogen-bond donors (Lipinski definition) is 0. The largest absolute Gasteiger partial charge is 0.497 e. The van der Waals surface area contributed by atoms with E-state index < -0.39 is 12.0 Å². The van der Waals surface area contributed by atoms with E-state index in [1.54, 1.807) is 28.1 Å². The second-order valence-corrected chi connectivity index (χ2v) is 8.34. The van der Waals surface area contributed by atoms with Crippen LogP contribution in [0.25, 0.3) is 11.8 Å². The van der Waals surface area contributed by atoms with Gasteiger partial charge in [0.1, 0.15) is 17.5 Å². The van der Waals surface area contributed by atoms with Crippen LogP contribution >= 0.6 is 11.3 Å². The fourth-order valence-electron chi connectivity index (χ4n) is 3.70.